The van der Waals surface area contributed by atoms with Crippen LogP contribution in [-0.2, 0) is 0 Å². The first-order valence-electron chi connectivity index (χ1n) is 8.42. The maximum atomic E-state index is 6.28. The lowest BCUT2D eigenvalue weighted by molar-refractivity contribution is -0.0163. The fourth-order valence-electron chi connectivity index (χ4n) is 3.99. The van der Waals surface area contributed by atoms with Crippen molar-refractivity contribution in [2.24, 2.45) is 5.73 Å². The minimum atomic E-state index is 0.244. The molecular formula is C16H34N4. The van der Waals surface area contributed by atoms with Crippen molar-refractivity contribution in [3.63, 3.8) is 0 Å². The van der Waals surface area contributed by atoms with Crippen molar-refractivity contribution >= 4 is 0 Å². The SMILES string of the molecule is CCN1CCCC(CN)(N2CC(C)N(C)C(C)C2)CC1. The lowest BCUT2D eigenvalue weighted by atomic mass is 9.86. The minimum absolute atomic E-state index is 0.244. The minimum Gasteiger partial charge on any atom is -0.329 e. The molecule has 0 aromatic heterocycles. The van der Waals surface area contributed by atoms with E-state index in [-0.39, 0.29) is 5.54 Å². The van der Waals surface area contributed by atoms with Gasteiger partial charge < -0.3 is 10.6 Å². The van der Waals surface area contributed by atoms with Crippen LogP contribution in [0.2, 0.25) is 0 Å². The van der Waals surface area contributed by atoms with Crippen molar-refractivity contribution in [1.82, 2.24) is 14.7 Å². The highest BCUT2D eigenvalue weighted by molar-refractivity contribution is 4.99. The van der Waals surface area contributed by atoms with Crippen LogP contribution in [-0.4, -0.2) is 78.6 Å². The number of likely N-dealkylation sites (N-methyl/N-ethyl adjacent to an activating group) is 1. The highest BCUT2D eigenvalue weighted by Gasteiger charge is 2.41. The molecule has 0 bridgehead atoms. The van der Waals surface area contributed by atoms with E-state index >= 15 is 0 Å². The zero-order valence-corrected chi connectivity index (χ0v) is 13.9. The van der Waals surface area contributed by atoms with Crippen LogP contribution < -0.4 is 5.73 Å². The molecule has 4 heteroatoms. The van der Waals surface area contributed by atoms with Gasteiger partial charge in [0, 0.05) is 37.3 Å². The van der Waals surface area contributed by atoms with E-state index in [0.29, 0.717) is 12.1 Å². The Morgan fingerprint density at radius 2 is 1.75 bits per heavy atom. The zero-order chi connectivity index (χ0) is 14.8. The number of hydrogen-bond acceptors (Lipinski definition) is 4. The molecule has 0 amide bonds. The molecule has 20 heavy (non-hydrogen) atoms. The average Bonchev–Trinajstić information content (AvgIpc) is 2.67. The third-order valence-electron chi connectivity index (χ3n) is 5.87. The largest absolute Gasteiger partial charge is 0.329 e. The first kappa shape index (κ1) is 16.2. The molecular weight excluding hydrogens is 248 g/mol. The summed E-state index contributed by atoms with van der Waals surface area (Å²) in [7, 11) is 2.26. The third kappa shape index (κ3) is 3.19. The Hall–Kier alpha value is -0.160. The van der Waals surface area contributed by atoms with Crippen LogP contribution in [0.15, 0.2) is 0 Å². The number of nitrogens with two attached hydrogens (primary N) is 1. The summed E-state index contributed by atoms with van der Waals surface area (Å²) in [4.78, 5) is 7.82. The molecule has 2 saturated heterocycles. The Morgan fingerprint density at radius 1 is 1.10 bits per heavy atom. The standard InChI is InChI=1S/C16H34N4/c1-5-19-9-6-7-16(13-17,8-10-19)20-11-14(2)18(4)15(3)12-20/h14-15H,5-13,17H2,1-4H3. The molecule has 2 aliphatic rings. The summed E-state index contributed by atoms with van der Waals surface area (Å²) in [5, 5.41) is 0. The van der Waals surface area contributed by atoms with Crippen molar-refractivity contribution in [3.8, 4) is 0 Å². The van der Waals surface area contributed by atoms with Crippen molar-refractivity contribution in [1.29, 1.82) is 0 Å². The highest BCUT2D eigenvalue weighted by atomic mass is 15.3. The number of piperazine rings is 1. The molecule has 4 nitrogen and oxygen atoms in total. The molecule has 2 heterocycles. The molecule has 2 aliphatic heterocycles. The van der Waals surface area contributed by atoms with Crippen LogP contribution in [0.1, 0.15) is 40.0 Å². The fraction of sp³-hybridized carbons (Fsp3) is 1.00. The van der Waals surface area contributed by atoms with Crippen molar-refractivity contribution in [2.45, 2.75) is 57.7 Å². The van der Waals surface area contributed by atoms with Crippen LogP contribution in [0.25, 0.3) is 0 Å². The Morgan fingerprint density at radius 3 is 2.30 bits per heavy atom. The molecule has 2 rings (SSSR count). The fourth-order valence-corrected chi connectivity index (χ4v) is 3.99. The Bertz CT molecular complexity index is 297. The summed E-state index contributed by atoms with van der Waals surface area (Å²) >= 11 is 0. The van der Waals surface area contributed by atoms with E-state index in [0.717, 1.165) is 6.54 Å². The topological polar surface area (TPSA) is 35.7 Å². The van der Waals surface area contributed by atoms with Gasteiger partial charge in [-0.1, -0.05) is 6.92 Å². The van der Waals surface area contributed by atoms with Crippen LogP contribution in [0.4, 0.5) is 0 Å². The summed E-state index contributed by atoms with van der Waals surface area (Å²) in [5.41, 5.74) is 6.52. The van der Waals surface area contributed by atoms with Crippen LogP contribution in [0.5, 0.6) is 0 Å². The first-order chi connectivity index (χ1) is 9.52. The monoisotopic (exact) mass is 282 g/mol. The summed E-state index contributed by atoms with van der Waals surface area (Å²) in [5.74, 6) is 0. The maximum absolute atomic E-state index is 6.28. The van der Waals surface area contributed by atoms with Crippen molar-refractivity contribution in [3.05, 3.63) is 0 Å². The van der Waals surface area contributed by atoms with Gasteiger partial charge in [0.15, 0.2) is 0 Å². The normalized spacial score (nSPS) is 38.9. The smallest absolute Gasteiger partial charge is 0.0345 e. The first-order valence-corrected chi connectivity index (χ1v) is 8.42. The molecule has 0 aromatic carbocycles. The molecule has 2 N–H and O–H groups in total. The van der Waals surface area contributed by atoms with Crippen LogP contribution in [0.3, 0.4) is 0 Å². The predicted octanol–water partition coefficient (Wildman–Crippen LogP) is 1.21. The van der Waals surface area contributed by atoms with Gasteiger partial charge >= 0.3 is 0 Å². The van der Waals surface area contributed by atoms with E-state index in [1.54, 1.807) is 0 Å². The predicted molar refractivity (Wildman–Crippen MR) is 86.0 cm³/mol. The van der Waals surface area contributed by atoms with Gasteiger partial charge in [0.1, 0.15) is 0 Å². The number of hydrogen-bond donors (Lipinski definition) is 1. The van der Waals surface area contributed by atoms with Gasteiger partial charge in [-0.25, -0.2) is 0 Å². The molecule has 0 aromatic rings. The lowest BCUT2D eigenvalue weighted by Crippen LogP contribution is -2.64. The quantitative estimate of drug-likeness (QED) is 0.844. The van der Waals surface area contributed by atoms with Gasteiger partial charge in [-0.2, -0.15) is 0 Å². The van der Waals surface area contributed by atoms with Gasteiger partial charge in [0.2, 0.25) is 0 Å². The summed E-state index contributed by atoms with van der Waals surface area (Å²) in [6, 6.07) is 1.26. The second kappa shape index (κ2) is 6.73. The van der Waals surface area contributed by atoms with E-state index in [2.05, 4.69) is 42.5 Å². The van der Waals surface area contributed by atoms with Gasteiger partial charge in [-0.05, 0) is 59.8 Å². The zero-order valence-electron chi connectivity index (χ0n) is 13.9. The summed E-state index contributed by atoms with van der Waals surface area (Å²) < 4.78 is 0. The number of rotatable bonds is 3. The average molecular weight is 282 g/mol. The molecule has 0 spiro atoms. The van der Waals surface area contributed by atoms with Gasteiger partial charge in [-0.15, -0.1) is 0 Å². The molecule has 0 aliphatic carbocycles. The third-order valence-corrected chi connectivity index (χ3v) is 5.87. The van der Waals surface area contributed by atoms with E-state index in [9.17, 15) is 0 Å². The van der Waals surface area contributed by atoms with Crippen molar-refractivity contribution in [2.75, 3.05) is 46.3 Å². The highest BCUT2D eigenvalue weighted by Crippen LogP contribution is 2.31. The molecule has 2 fully saturated rings. The molecule has 118 valence electrons. The molecule has 0 radical (unpaired) electrons. The van der Waals surface area contributed by atoms with Gasteiger partial charge in [0.25, 0.3) is 0 Å². The second-order valence-electron chi connectivity index (χ2n) is 6.98. The number of likely N-dealkylation sites (tertiary alicyclic amines) is 1. The molecule has 3 atom stereocenters. The lowest BCUT2D eigenvalue weighted by Gasteiger charge is -2.51. The van der Waals surface area contributed by atoms with Crippen molar-refractivity contribution < 1.29 is 0 Å². The van der Waals surface area contributed by atoms with E-state index in [1.165, 1.54) is 52.0 Å². The summed E-state index contributed by atoms with van der Waals surface area (Å²) in [6.07, 6.45) is 3.80. The Balaban J connectivity index is 2.10. The second-order valence-corrected chi connectivity index (χ2v) is 6.98. The van der Waals surface area contributed by atoms with Crippen LogP contribution in [0, 0.1) is 0 Å². The van der Waals surface area contributed by atoms with E-state index < -0.39 is 0 Å². The van der Waals surface area contributed by atoms with Gasteiger partial charge in [0.05, 0.1) is 0 Å². The maximum Gasteiger partial charge on any atom is 0.0345 e. The van der Waals surface area contributed by atoms with Gasteiger partial charge in [-0.3, -0.25) is 9.80 Å². The van der Waals surface area contributed by atoms with Crippen LogP contribution >= 0.6 is 0 Å². The Kier molecular flexibility index (Phi) is 5.46. The van der Waals surface area contributed by atoms with E-state index in [4.69, 9.17) is 5.73 Å². The molecule has 3 unspecified atom stereocenters. The Labute approximate surface area is 125 Å². The number of nitrogens with zero attached hydrogens (tertiary/aromatic N) is 3. The summed E-state index contributed by atoms with van der Waals surface area (Å²) in [6.45, 7) is 13.8. The molecule has 0 saturated carbocycles. The van der Waals surface area contributed by atoms with E-state index in [1.807, 2.05) is 0 Å².